The molecule has 1 amide bonds. The van der Waals surface area contributed by atoms with E-state index < -0.39 is 5.69 Å². The van der Waals surface area contributed by atoms with Crippen LogP contribution in [0.15, 0.2) is 35.1 Å². The third-order valence-electron chi connectivity index (χ3n) is 4.99. The van der Waals surface area contributed by atoms with Gasteiger partial charge in [-0.1, -0.05) is 32.9 Å². The average molecular weight is 368 g/mol. The van der Waals surface area contributed by atoms with Gasteiger partial charge in [0.2, 0.25) is 0 Å². The molecule has 1 saturated heterocycles. The summed E-state index contributed by atoms with van der Waals surface area (Å²) < 4.78 is 0. The number of nitrogens with one attached hydrogen (secondary N) is 2. The van der Waals surface area contributed by atoms with E-state index in [2.05, 4.69) is 51.4 Å². The van der Waals surface area contributed by atoms with Crippen molar-refractivity contribution < 1.29 is 4.79 Å². The smallest absolute Gasteiger partial charge is 0.345 e. The molecule has 6 heteroatoms. The summed E-state index contributed by atoms with van der Waals surface area (Å²) in [5, 5.41) is 2.95. The van der Waals surface area contributed by atoms with Gasteiger partial charge in [-0.3, -0.25) is 4.79 Å². The number of aromatic nitrogens is 2. The van der Waals surface area contributed by atoms with Crippen molar-refractivity contribution in [3.63, 3.8) is 0 Å². The fourth-order valence-corrected chi connectivity index (χ4v) is 3.36. The predicted molar refractivity (Wildman–Crippen MR) is 107 cm³/mol. The van der Waals surface area contributed by atoms with Crippen molar-refractivity contribution >= 4 is 11.6 Å². The molecule has 0 radical (unpaired) electrons. The molecule has 1 aromatic carbocycles. The maximum atomic E-state index is 12.5. The molecule has 2 N–H and O–H groups in total. The molecule has 3 rings (SSSR count). The highest BCUT2D eigenvalue weighted by Gasteiger charge is 2.24. The first-order chi connectivity index (χ1) is 12.7. The number of amides is 1. The van der Waals surface area contributed by atoms with Gasteiger partial charge in [-0.25, -0.2) is 4.79 Å². The van der Waals surface area contributed by atoms with Crippen LogP contribution in [0.2, 0.25) is 0 Å². The van der Waals surface area contributed by atoms with Gasteiger partial charge in [-0.05, 0) is 43.0 Å². The molecule has 0 bridgehead atoms. The van der Waals surface area contributed by atoms with Crippen LogP contribution in [0.1, 0.15) is 48.9 Å². The molecule has 1 atom stereocenters. The number of nitrogens with zero attached hydrogens (tertiary/aromatic N) is 2. The number of anilines is 1. The standard InChI is InChI=1S/C21H28N4O2/c1-14-6-5-7-16(10-14)25-9-8-15(13-25)12-22-19(26)17-11-18(21(2,3)4)24-20(27)23-17/h5-7,10-11,15H,8-9,12-13H2,1-4H3,(H,22,26)(H,23,24,27)/t15-/m1/s1. The number of carbonyl (C=O) groups excluding carboxylic acids is 1. The Morgan fingerprint density at radius 2 is 2.11 bits per heavy atom. The Morgan fingerprint density at radius 1 is 1.33 bits per heavy atom. The van der Waals surface area contributed by atoms with Gasteiger partial charge in [-0.15, -0.1) is 0 Å². The molecule has 0 spiro atoms. The summed E-state index contributed by atoms with van der Waals surface area (Å²) in [6.07, 6.45) is 1.03. The molecule has 27 heavy (non-hydrogen) atoms. The van der Waals surface area contributed by atoms with Gasteiger partial charge in [0.25, 0.3) is 5.91 Å². The van der Waals surface area contributed by atoms with E-state index in [1.807, 2.05) is 20.8 Å². The summed E-state index contributed by atoms with van der Waals surface area (Å²) in [7, 11) is 0. The molecular weight excluding hydrogens is 340 g/mol. The lowest BCUT2D eigenvalue weighted by Gasteiger charge is -2.20. The number of H-pyrrole nitrogens is 1. The van der Waals surface area contributed by atoms with E-state index in [9.17, 15) is 9.59 Å². The second-order valence-electron chi connectivity index (χ2n) is 8.38. The molecule has 2 aromatic rings. The van der Waals surface area contributed by atoms with Gasteiger partial charge in [0, 0.05) is 36.4 Å². The van der Waals surface area contributed by atoms with Crippen LogP contribution in [0.4, 0.5) is 5.69 Å². The minimum atomic E-state index is -0.487. The first-order valence-corrected chi connectivity index (χ1v) is 9.44. The third kappa shape index (κ3) is 4.76. The number of rotatable bonds is 4. The number of hydrogen-bond acceptors (Lipinski definition) is 4. The summed E-state index contributed by atoms with van der Waals surface area (Å²) in [6.45, 7) is 10.5. The molecule has 6 nitrogen and oxygen atoms in total. The Kier molecular flexibility index (Phi) is 5.35. The van der Waals surface area contributed by atoms with E-state index in [1.165, 1.54) is 11.3 Å². The van der Waals surface area contributed by atoms with Crippen LogP contribution in [0.5, 0.6) is 0 Å². The van der Waals surface area contributed by atoms with E-state index >= 15 is 0 Å². The Labute approximate surface area is 160 Å². The maximum Gasteiger partial charge on any atom is 0.345 e. The van der Waals surface area contributed by atoms with E-state index in [-0.39, 0.29) is 17.0 Å². The molecule has 1 fully saturated rings. The van der Waals surface area contributed by atoms with Crippen LogP contribution in [0.25, 0.3) is 0 Å². The van der Waals surface area contributed by atoms with Crippen molar-refractivity contribution in [3.8, 4) is 0 Å². The first kappa shape index (κ1) is 19.1. The van der Waals surface area contributed by atoms with Gasteiger partial charge in [0.15, 0.2) is 0 Å². The fourth-order valence-electron chi connectivity index (χ4n) is 3.36. The molecule has 1 aliphatic rings. The highest BCUT2D eigenvalue weighted by molar-refractivity contribution is 5.92. The SMILES string of the molecule is Cc1cccc(N2CC[C@H](CNC(=O)c3cc(C(C)(C)C)[nH]c(=O)n3)C2)c1. The van der Waals surface area contributed by atoms with Gasteiger partial charge in [-0.2, -0.15) is 4.98 Å². The van der Waals surface area contributed by atoms with Gasteiger partial charge >= 0.3 is 5.69 Å². The Balaban J connectivity index is 1.60. The Hall–Kier alpha value is -2.63. The molecule has 1 aliphatic heterocycles. The van der Waals surface area contributed by atoms with Crippen LogP contribution in [0, 0.1) is 12.8 Å². The number of aromatic amines is 1. The van der Waals surface area contributed by atoms with Gasteiger partial charge < -0.3 is 15.2 Å². The number of hydrogen-bond donors (Lipinski definition) is 2. The van der Waals surface area contributed by atoms with E-state index in [1.54, 1.807) is 6.07 Å². The van der Waals surface area contributed by atoms with Gasteiger partial charge in [0.05, 0.1) is 0 Å². The van der Waals surface area contributed by atoms with Crippen molar-refractivity contribution in [1.82, 2.24) is 15.3 Å². The lowest BCUT2D eigenvalue weighted by atomic mass is 9.91. The monoisotopic (exact) mass is 368 g/mol. The zero-order chi connectivity index (χ0) is 19.6. The van der Waals surface area contributed by atoms with Crippen LogP contribution in [-0.4, -0.2) is 35.5 Å². The van der Waals surface area contributed by atoms with E-state index in [0.29, 0.717) is 18.2 Å². The molecule has 1 aromatic heterocycles. The van der Waals surface area contributed by atoms with E-state index in [0.717, 1.165) is 19.5 Å². The lowest BCUT2D eigenvalue weighted by molar-refractivity contribution is 0.0942. The van der Waals surface area contributed by atoms with Crippen molar-refractivity contribution in [2.75, 3.05) is 24.5 Å². The van der Waals surface area contributed by atoms with Crippen molar-refractivity contribution in [1.29, 1.82) is 0 Å². The molecule has 0 saturated carbocycles. The van der Waals surface area contributed by atoms with Crippen LogP contribution in [-0.2, 0) is 5.41 Å². The number of aryl methyl sites for hydroxylation is 1. The molecule has 0 unspecified atom stereocenters. The van der Waals surface area contributed by atoms with Gasteiger partial charge in [0.1, 0.15) is 5.69 Å². The maximum absolute atomic E-state index is 12.5. The minimum absolute atomic E-state index is 0.178. The third-order valence-corrected chi connectivity index (χ3v) is 4.99. The van der Waals surface area contributed by atoms with Crippen molar-refractivity contribution in [2.24, 2.45) is 5.92 Å². The molecule has 0 aliphatic carbocycles. The second-order valence-corrected chi connectivity index (χ2v) is 8.38. The number of benzene rings is 1. The predicted octanol–water partition coefficient (Wildman–Crippen LogP) is 2.63. The quantitative estimate of drug-likeness (QED) is 0.870. The molecule has 144 valence electrons. The topological polar surface area (TPSA) is 78.1 Å². The molecular formula is C21H28N4O2. The zero-order valence-corrected chi connectivity index (χ0v) is 16.5. The highest BCUT2D eigenvalue weighted by Crippen LogP contribution is 2.24. The second kappa shape index (κ2) is 7.55. The zero-order valence-electron chi connectivity index (χ0n) is 16.5. The van der Waals surface area contributed by atoms with Crippen LogP contribution >= 0.6 is 0 Å². The molecule has 2 heterocycles. The van der Waals surface area contributed by atoms with Crippen LogP contribution in [0.3, 0.4) is 0 Å². The van der Waals surface area contributed by atoms with Crippen molar-refractivity contribution in [2.45, 2.75) is 39.5 Å². The Morgan fingerprint density at radius 3 is 2.81 bits per heavy atom. The average Bonchev–Trinajstić information content (AvgIpc) is 3.07. The fraction of sp³-hybridized carbons (Fsp3) is 0.476. The summed E-state index contributed by atoms with van der Waals surface area (Å²) >= 11 is 0. The summed E-state index contributed by atoms with van der Waals surface area (Å²) in [5.41, 5.74) is 2.63. The van der Waals surface area contributed by atoms with E-state index in [4.69, 9.17) is 0 Å². The largest absolute Gasteiger partial charge is 0.371 e. The van der Waals surface area contributed by atoms with Crippen molar-refractivity contribution in [3.05, 3.63) is 57.8 Å². The van der Waals surface area contributed by atoms with Crippen LogP contribution < -0.4 is 15.9 Å². The Bertz CT molecular complexity index is 882. The lowest BCUT2D eigenvalue weighted by Crippen LogP contribution is -2.33. The number of carbonyl (C=O) groups is 1. The highest BCUT2D eigenvalue weighted by atomic mass is 16.2. The summed E-state index contributed by atoms with van der Waals surface area (Å²) in [6, 6.07) is 10.2. The summed E-state index contributed by atoms with van der Waals surface area (Å²) in [4.78, 5) is 33.2. The minimum Gasteiger partial charge on any atom is -0.371 e. The normalized spacial score (nSPS) is 17.2. The first-order valence-electron chi connectivity index (χ1n) is 9.44. The summed E-state index contributed by atoms with van der Waals surface area (Å²) in [5.74, 6) is 0.0964.